The molecule has 9 heteroatoms. The molecule has 1 heterocycles. The Balaban J connectivity index is 2.26. The van der Waals surface area contributed by atoms with Crippen LogP contribution >= 0.6 is 27.3 Å². The van der Waals surface area contributed by atoms with Gasteiger partial charge in [-0.05, 0) is 41.1 Å². The molecule has 0 saturated carbocycles. The average molecular weight is 427 g/mol. The number of ether oxygens (including phenoxy) is 2. The van der Waals surface area contributed by atoms with Crippen LogP contribution in [0.25, 0.3) is 0 Å². The van der Waals surface area contributed by atoms with Crippen molar-refractivity contribution in [2.24, 2.45) is 0 Å². The predicted molar refractivity (Wildman–Crippen MR) is 92.6 cm³/mol. The van der Waals surface area contributed by atoms with Crippen LogP contribution in [0.5, 0.6) is 0 Å². The first-order chi connectivity index (χ1) is 11.9. The molecule has 6 nitrogen and oxygen atoms in total. The summed E-state index contributed by atoms with van der Waals surface area (Å²) in [6.45, 7) is 1.46. The maximum Gasteiger partial charge on any atom is 0.348 e. The van der Waals surface area contributed by atoms with Gasteiger partial charge in [0.1, 0.15) is 28.4 Å². The molecule has 0 saturated heterocycles. The molecule has 1 aromatic carbocycles. The fourth-order valence-corrected chi connectivity index (χ4v) is 3.41. The molecule has 0 unspecified atom stereocenters. The second kappa shape index (κ2) is 8.09. The summed E-state index contributed by atoms with van der Waals surface area (Å²) in [6, 6.07) is 5.40. The Morgan fingerprint density at radius 2 is 2.08 bits per heavy atom. The second-order valence-corrected chi connectivity index (χ2v) is 6.59. The first-order valence-electron chi connectivity index (χ1n) is 6.99. The number of nitriles is 1. The Morgan fingerprint density at radius 3 is 2.68 bits per heavy atom. The lowest BCUT2D eigenvalue weighted by Gasteiger charge is -2.08. The minimum atomic E-state index is -0.740. The first kappa shape index (κ1) is 18.9. The molecule has 0 aliphatic carbocycles. The lowest BCUT2D eigenvalue weighted by Crippen LogP contribution is -2.10. The van der Waals surface area contributed by atoms with E-state index < -0.39 is 17.8 Å². The van der Waals surface area contributed by atoms with Crippen molar-refractivity contribution in [3.05, 3.63) is 50.1 Å². The van der Waals surface area contributed by atoms with Gasteiger partial charge in [0, 0.05) is 10.0 Å². The van der Waals surface area contributed by atoms with Crippen molar-refractivity contribution in [3.8, 4) is 6.07 Å². The molecule has 2 N–H and O–H groups in total. The second-order valence-electron chi connectivity index (χ2n) is 4.68. The molecule has 130 valence electrons. The van der Waals surface area contributed by atoms with Crippen LogP contribution in [0.2, 0.25) is 0 Å². The van der Waals surface area contributed by atoms with Crippen LogP contribution in [0.4, 0.5) is 9.39 Å². The number of nitrogens with zero attached hydrogens (tertiary/aromatic N) is 1. The number of thiophene rings is 1. The summed E-state index contributed by atoms with van der Waals surface area (Å²) in [4.78, 5) is 24.3. The van der Waals surface area contributed by atoms with Gasteiger partial charge in [-0.3, -0.25) is 0 Å². The highest BCUT2D eigenvalue weighted by atomic mass is 79.9. The van der Waals surface area contributed by atoms with Gasteiger partial charge in [-0.15, -0.1) is 11.3 Å². The van der Waals surface area contributed by atoms with Crippen LogP contribution in [0.1, 0.15) is 38.1 Å². The van der Waals surface area contributed by atoms with Crippen LogP contribution in [-0.4, -0.2) is 18.5 Å². The van der Waals surface area contributed by atoms with Crippen molar-refractivity contribution >= 4 is 44.2 Å². The fraction of sp³-hybridized carbons (Fsp3) is 0.188. The van der Waals surface area contributed by atoms with E-state index in [0.29, 0.717) is 0 Å². The van der Waals surface area contributed by atoms with Gasteiger partial charge in [0.2, 0.25) is 0 Å². The number of esters is 2. The number of anilines is 1. The molecule has 0 atom stereocenters. The highest BCUT2D eigenvalue weighted by molar-refractivity contribution is 9.10. The van der Waals surface area contributed by atoms with E-state index >= 15 is 0 Å². The van der Waals surface area contributed by atoms with E-state index in [9.17, 15) is 19.2 Å². The molecule has 0 spiro atoms. The minimum Gasteiger partial charge on any atom is -0.462 e. The third-order valence-electron chi connectivity index (χ3n) is 3.11. The minimum absolute atomic E-state index is 0.0685. The lowest BCUT2D eigenvalue weighted by atomic mass is 10.1. The smallest absolute Gasteiger partial charge is 0.348 e. The predicted octanol–water partition coefficient (Wildman–Crippen LogP) is 3.64. The maximum atomic E-state index is 13.1. The van der Waals surface area contributed by atoms with Crippen LogP contribution in [0, 0.1) is 17.1 Å². The largest absolute Gasteiger partial charge is 0.462 e. The molecule has 2 rings (SSSR count). The van der Waals surface area contributed by atoms with Crippen molar-refractivity contribution in [2.45, 2.75) is 13.5 Å². The molecular weight excluding hydrogens is 415 g/mol. The zero-order valence-corrected chi connectivity index (χ0v) is 15.4. The van der Waals surface area contributed by atoms with E-state index in [4.69, 9.17) is 15.2 Å². The Bertz CT molecular complexity index is 876. The Hall–Kier alpha value is -2.44. The normalized spacial score (nSPS) is 10.2. The Labute approximate surface area is 155 Å². The summed E-state index contributed by atoms with van der Waals surface area (Å²) in [5, 5.41) is 9.35. The van der Waals surface area contributed by atoms with Gasteiger partial charge in [-0.25, -0.2) is 14.0 Å². The molecule has 0 aliphatic heterocycles. The number of rotatable bonds is 5. The zero-order chi connectivity index (χ0) is 18.6. The van der Waals surface area contributed by atoms with Crippen LogP contribution in [0.15, 0.2) is 22.7 Å². The number of halogens is 2. The van der Waals surface area contributed by atoms with Gasteiger partial charge in [-0.1, -0.05) is 0 Å². The monoisotopic (exact) mass is 426 g/mol. The number of nitrogens with two attached hydrogens (primary N) is 1. The summed E-state index contributed by atoms with van der Waals surface area (Å²) in [6.07, 6.45) is 0. The maximum absolute atomic E-state index is 13.1. The van der Waals surface area contributed by atoms with Crippen molar-refractivity contribution in [2.75, 3.05) is 12.3 Å². The SMILES string of the molecule is CCOC(=O)c1sc(N)c(C#N)c1COC(=O)c1ccc(F)cc1Br. The van der Waals surface area contributed by atoms with Crippen molar-refractivity contribution in [3.63, 3.8) is 0 Å². The van der Waals surface area contributed by atoms with Crippen LogP contribution in [-0.2, 0) is 16.1 Å². The lowest BCUT2D eigenvalue weighted by molar-refractivity contribution is 0.0452. The zero-order valence-electron chi connectivity index (χ0n) is 13.0. The number of benzene rings is 1. The summed E-state index contributed by atoms with van der Waals surface area (Å²) in [5.74, 6) is -1.89. The van der Waals surface area contributed by atoms with E-state index in [1.807, 2.05) is 6.07 Å². The van der Waals surface area contributed by atoms with Crippen LogP contribution in [0.3, 0.4) is 0 Å². The van der Waals surface area contributed by atoms with Crippen molar-refractivity contribution < 1.29 is 23.5 Å². The summed E-state index contributed by atoms with van der Waals surface area (Å²) < 4.78 is 23.4. The van der Waals surface area contributed by atoms with Crippen molar-refractivity contribution in [1.29, 1.82) is 5.26 Å². The summed E-state index contributed by atoms with van der Waals surface area (Å²) in [5.41, 5.74) is 6.11. The molecule has 0 radical (unpaired) electrons. The standard InChI is InChI=1S/C16H12BrFN2O4S/c1-2-23-16(22)13-11(10(6-19)14(20)25-13)7-24-15(21)9-4-3-8(18)5-12(9)17/h3-5H,2,7,20H2,1H3. The molecule has 0 bridgehead atoms. The van der Waals surface area contributed by atoms with Gasteiger partial charge in [-0.2, -0.15) is 5.26 Å². The van der Waals surface area contributed by atoms with E-state index in [2.05, 4.69) is 15.9 Å². The summed E-state index contributed by atoms with van der Waals surface area (Å²) >= 11 is 3.98. The number of carbonyl (C=O) groups excluding carboxylic acids is 2. The molecule has 0 fully saturated rings. The van der Waals surface area contributed by atoms with Gasteiger partial charge in [0.05, 0.1) is 17.7 Å². The number of nitrogen functional groups attached to an aromatic ring is 1. The van der Waals surface area contributed by atoms with E-state index in [-0.39, 0.29) is 44.3 Å². The van der Waals surface area contributed by atoms with Gasteiger partial charge in [0.15, 0.2) is 0 Å². The van der Waals surface area contributed by atoms with E-state index in [1.165, 1.54) is 6.07 Å². The first-order valence-corrected chi connectivity index (χ1v) is 8.60. The summed E-state index contributed by atoms with van der Waals surface area (Å²) in [7, 11) is 0. The number of hydrogen-bond donors (Lipinski definition) is 1. The highest BCUT2D eigenvalue weighted by Gasteiger charge is 2.24. The highest BCUT2D eigenvalue weighted by Crippen LogP contribution is 2.32. The number of carbonyl (C=O) groups is 2. The molecule has 1 aromatic heterocycles. The number of hydrogen-bond acceptors (Lipinski definition) is 7. The molecule has 2 aromatic rings. The fourth-order valence-electron chi connectivity index (χ4n) is 1.98. The van der Waals surface area contributed by atoms with Gasteiger partial charge < -0.3 is 15.2 Å². The van der Waals surface area contributed by atoms with Gasteiger partial charge in [0.25, 0.3) is 0 Å². The Morgan fingerprint density at radius 1 is 1.36 bits per heavy atom. The third-order valence-corrected chi connectivity index (χ3v) is 4.80. The van der Waals surface area contributed by atoms with Crippen LogP contribution < -0.4 is 5.73 Å². The molecule has 0 amide bonds. The van der Waals surface area contributed by atoms with E-state index in [1.54, 1.807) is 6.92 Å². The molecular formula is C16H12BrFN2O4S. The quantitative estimate of drug-likeness (QED) is 0.731. The Kier molecular flexibility index (Phi) is 6.12. The average Bonchev–Trinajstić information content (AvgIpc) is 2.88. The van der Waals surface area contributed by atoms with Crippen molar-refractivity contribution in [1.82, 2.24) is 0 Å². The molecule has 25 heavy (non-hydrogen) atoms. The molecule has 0 aliphatic rings. The topological polar surface area (TPSA) is 102 Å². The van der Waals surface area contributed by atoms with E-state index in [0.717, 1.165) is 23.5 Å². The third kappa shape index (κ3) is 4.15. The van der Waals surface area contributed by atoms with Gasteiger partial charge >= 0.3 is 11.9 Å².